The second-order valence-electron chi connectivity index (χ2n) is 5.10. The van der Waals surface area contributed by atoms with Gasteiger partial charge in [0.25, 0.3) is 0 Å². The van der Waals surface area contributed by atoms with Crippen LogP contribution in [0.25, 0.3) is 17.2 Å². The van der Waals surface area contributed by atoms with Crippen molar-refractivity contribution in [3.05, 3.63) is 77.7 Å². The van der Waals surface area contributed by atoms with Crippen molar-refractivity contribution in [3.63, 3.8) is 0 Å². The van der Waals surface area contributed by atoms with Crippen LogP contribution in [0.1, 0.15) is 5.56 Å². The minimum absolute atomic E-state index is 0.916. The third-order valence-corrected chi connectivity index (χ3v) is 5.82. The quantitative estimate of drug-likeness (QED) is 0.536. The number of fused-ring (bicyclic) bond motifs is 1. The summed E-state index contributed by atoms with van der Waals surface area (Å²) in [7, 11) is 0. The van der Waals surface area contributed by atoms with E-state index >= 15 is 0 Å². The van der Waals surface area contributed by atoms with Gasteiger partial charge in [-0.1, -0.05) is 60.7 Å². The summed E-state index contributed by atoms with van der Waals surface area (Å²) in [6, 6.07) is 21.4. The van der Waals surface area contributed by atoms with Gasteiger partial charge in [0, 0.05) is 17.0 Å². The number of thiophene rings is 1. The van der Waals surface area contributed by atoms with Crippen LogP contribution in [0.3, 0.4) is 0 Å². The Morgan fingerprint density at radius 1 is 0.864 bits per heavy atom. The first kappa shape index (κ1) is 13.7. The van der Waals surface area contributed by atoms with Crippen molar-refractivity contribution in [3.8, 4) is 11.1 Å². The van der Waals surface area contributed by atoms with E-state index in [1.54, 1.807) is 11.3 Å². The standard InChI is InChI=1S/C19H15NS2/c1-2-7-15(8-3-1)17-12-14-21-19(17)20-13-6-10-16-9-4-5-11-18(16)22-20/h1-12,14H,13H2. The average molecular weight is 321 g/mol. The van der Waals surface area contributed by atoms with Crippen LogP contribution < -0.4 is 4.31 Å². The maximum atomic E-state index is 2.38. The number of hydrogen-bond acceptors (Lipinski definition) is 3. The lowest BCUT2D eigenvalue weighted by Crippen LogP contribution is -2.12. The highest BCUT2D eigenvalue weighted by Gasteiger charge is 2.17. The summed E-state index contributed by atoms with van der Waals surface area (Å²) >= 11 is 3.63. The molecule has 2 heterocycles. The molecule has 0 fully saturated rings. The van der Waals surface area contributed by atoms with Gasteiger partial charge in [0.2, 0.25) is 0 Å². The normalized spacial score (nSPS) is 13.7. The van der Waals surface area contributed by atoms with Gasteiger partial charge in [-0.3, -0.25) is 4.31 Å². The maximum Gasteiger partial charge on any atom is 0.109 e. The molecule has 0 unspecified atom stereocenters. The number of hydrogen-bond donors (Lipinski definition) is 0. The topological polar surface area (TPSA) is 3.24 Å². The summed E-state index contributed by atoms with van der Waals surface area (Å²) in [6.45, 7) is 0.916. The van der Waals surface area contributed by atoms with Gasteiger partial charge in [0.15, 0.2) is 0 Å². The Kier molecular flexibility index (Phi) is 3.75. The molecule has 1 nitrogen and oxygen atoms in total. The number of nitrogens with zero attached hydrogens (tertiary/aromatic N) is 1. The highest BCUT2D eigenvalue weighted by molar-refractivity contribution is 8.01. The first-order chi connectivity index (χ1) is 10.9. The Hall–Kier alpha value is -1.97. The second kappa shape index (κ2) is 6.03. The van der Waals surface area contributed by atoms with Gasteiger partial charge in [-0.25, -0.2) is 0 Å². The first-order valence-corrected chi connectivity index (χ1v) is 8.91. The van der Waals surface area contributed by atoms with Crippen LogP contribution in [-0.4, -0.2) is 6.54 Å². The molecule has 1 aliphatic rings. The van der Waals surface area contributed by atoms with E-state index in [9.17, 15) is 0 Å². The van der Waals surface area contributed by atoms with E-state index in [-0.39, 0.29) is 0 Å². The fourth-order valence-corrected chi connectivity index (χ4v) is 4.63. The maximum absolute atomic E-state index is 2.38. The molecular weight excluding hydrogens is 306 g/mol. The molecule has 1 aliphatic heterocycles. The van der Waals surface area contributed by atoms with Crippen molar-refractivity contribution in [1.29, 1.82) is 0 Å². The Labute approximate surface area is 139 Å². The van der Waals surface area contributed by atoms with E-state index in [0.717, 1.165) is 6.54 Å². The molecule has 108 valence electrons. The van der Waals surface area contributed by atoms with Gasteiger partial charge in [-0.15, -0.1) is 11.3 Å². The number of benzene rings is 2. The minimum Gasteiger partial charge on any atom is -0.299 e. The molecule has 0 saturated heterocycles. The van der Waals surface area contributed by atoms with Crippen LogP contribution in [0, 0.1) is 0 Å². The van der Waals surface area contributed by atoms with Crippen LogP contribution in [0.2, 0.25) is 0 Å². The third-order valence-electron chi connectivity index (χ3n) is 3.65. The molecule has 3 aromatic rings. The third kappa shape index (κ3) is 2.58. The molecule has 0 amide bonds. The average Bonchev–Trinajstić information content (AvgIpc) is 2.96. The fourth-order valence-electron chi connectivity index (χ4n) is 2.59. The minimum atomic E-state index is 0.916. The second-order valence-corrected chi connectivity index (χ2v) is 7.06. The Morgan fingerprint density at radius 3 is 2.59 bits per heavy atom. The van der Waals surface area contributed by atoms with Gasteiger partial charge in [-0.05, 0) is 40.6 Å². The Balaban J connectivity index is 1.72. The zero-order valence-electron chi connectivity index (χ0n) is 12.0. The molecule has 2 aromatic carbocycles. The summed E-state index contributed by atoms with van der Waals surface area (Å²) in [5.41, 5.74) is 3.89. The summed E-state index contributed by atoms with van der Waals surface area (Å²) in [5.74, 6) is 0. The van der Waals surface area contributed by atoms with Crippen LogP contribution in [-0.2, 0) is 0 Å². The molecule has 0 radical (unpaired) electrons. The van der Waals surface area contributed by atoms with Gasteiger partial charge in [0.05, 0.1) is 0 Å². The van der Waals surface area contributed by atoms with E-state index in [1.807, 2.05) is 11.9 Å². The monoisotopic (exact) mass is 321 g/mol. The predicted octanol–water partition coefficient (Wildman–Crippen LogP) is 5.96. The lowest BCUT2D eigenvalue weighted by atomic mass is 10.1. The molecule has 4 rings (SSSR count). The van der Waals surface area contributed by atoms with E-state index in [1.165, 1.54) is 26.6 Å². The van der Waals surface area contributed by atoms with E-state index in [4.69, 9.17) is 0 Å². The summed E-state index contributed by atoms with van der Waals surface area (Å²) < 4.78 is 2.38. The molecule has 3 heteroatoms. The van der Waals surface area contributed by atoms with Crippen molar-refractivity contribution in [2.75, 3.05) is 10.8 Å². The van der Waals surface area contributed by atoms with Crippen LogP contribution in [0.4, 0.5) is 5.00 Å². The highest BCUT2D eigenvalue weighted by Crippen LogP contribution is 2.42. The van der Waals surface area contributed by atoms with Crippen molar-refractivity contribution in [2.45, 2.75) is 4.90 Å². The van der Waals surface area contributed by atoms with Crippen molar-refractivity contribution in [1.82, 2.24) is 0 Å². The molecule has 22 heavy (non-hydrogen) atoms. The fraction of sp³-hybridized carbons (Fsp3) is 0.0526. The van der Waals surface area contributed by atoms with Gasteiger partial charge < -0.3 is 0 Å². The van der Waals surface area contributed by atoms with Crippen molar-refractivity contribution >= 4 is 34.4 Å². The molecule has 0 bridgehead atoms. The summed E-state index contributed by atoms with van der Waals surface area (Å²) in [5, 5.41) is 3.50. The van der Waals surface area contributed by atoms with Crippen LogP contribution >= 0.6 is 23.3 Å². The number of anilines is 1. The molecule has 0 saturated carbocycles. The molecule has 0 atom stereocenters. The van der Waals surface area contributed by atoms with Crippen molar-refractivity contribution < 1.29 is 0 Å². The van der Waals surface area contributed by atoms with Gasteiger partial charge >= 0.3 is 0 Å². The molecule has 0 N–H and O–H groups in total. The largest absolute Gasteiger partial charge is 0.299 e. The zero-order chi connectivity index (χ0) is 14.8. The lowest BCUT2D eigenvalue weighted by molar-refractivity contribution is 1.24. The number of rotatable bonds is 2. The van der Waals surface area contributed by atoms with Gasteiger partial charge in [0.1, 0.15) is 5.00 Å². The van der Waals surface area contributed by atoms with Crippen LogP contribution in [0.5, 0.6) is 0 Å². The van der Waals surface area contributed by atoms with Gasteiger partial charge in [-0.2, -0.15) is 0 Å². The zero-order valence-corrected chi connectivity index (χ0v) is 13.6. The first-order valence-electron chi connectivity index (χ1n) is 7.26. The van der Waals surface area contributed by atoms with E-state index in [2.05, 4.69) is 82.5 Å². The molecular formula is C19H15NS2. The van der Waals surface area contributed by atoms with E-state index in [0.29, 0.717) is 0 Å². The molecule has 0 spiro atoms. The Bertz CT molecular complexity index is 805. The van der Waals surface area contributed by atoms with Crippen molar-refractivity contribution in [2.24, 2.45) is 0 Å². The SMILES string of the molecule is C1=Cc2ccccc2SN(c2sccc2-c2ccccc2)C1. The van der Waals surface area contributed by atoms with E-state index < -0.39 is 0 Å². The smallest absolute Gasteiger partial charge is 0.109 e. The Morgan fingerprint density at radius 2 is 1.68 bits per heavy atom. The molecule has 0 aliphatic carbocycles. The van der Waals surface area contributed by atoms with Crippen LogP contribution in [0.15, 0.2) is 77.0 Å². The summed E-state index contributed by atoms with van der Waals surface area (Å²) in [4.78, 5) is 1.31. The lowest BCUT2D eigenvalue weighted by Gasteiger charge is -2.21. The predicted molar refractivity (Wildman–Crippen MR) is 98.4 cm³/mol. The summed E-state index contributed by atoms with van der Waals surface area (Å²) in [6.07, 6.45) is 4.46. The highest BCUT2D eigenvalue weighted by atomic mass is 32.2. The molecule has 1 aromatic heterocycles.